The van der Waals surface area contributed by atoms with Crippen molar-refractivity contribution in [3.05, 3.63) is 0 Å². The topological polar surface area (TPSA) is 18.5 Å². The molecule has 2 heteroatoms. The van der Waals surface area contributed by atoms with Gasteiger partial charge in [0.2, 0.25) is 0 Å². The molecular formula is C8H14O2. The van der Waals surface area contributed by atoms with E-state index in [-0.39, 0.29) is 5.60 Å². The Bertz CT molecular complexity index is 123. The van der Waals surface area contributed by atoms with Crippen molar-refractivity contribution >= 4 is 0 Å². The number of hydrogen-bond acceptors (Lipinski definition) is 2. The lowest BCUT2D eigenvalue weighted by Gasteiger charge is -2.40. The van der Waals surface area contributed by atoms with E-state index in [4.69, 9.17) is 9.78 Å². The van der Waals surface area contributed by atoms with Gasteiger partial charge in [0.05, 0.1) is 6.61 Å². The van der Waals surface area contributed by atoms with Gasteiger partial charge in [-0.05, 0) is 32.1 Å². The molecule has 0 aromatic heterocycles. The molecule has 1 aliphatic carbocycles. The summed E-state index contributed by atoms with van der Waals surface area (Å²) in [5.74, 6) is 0.771. The van der Waals surface area contributed by atoms with E-state index >= 15 is 0 Å². The zero-order valence-electron chi connectivity index (χ0n) is 6.43. The summed E-state index contributed by atoms with van der Waals surface area (Å²) in [6, 6.07) is 0. The van der Waals surface area contributed by atoms with Crippen LogP contribution in [0, 0.1) is 5.92 Å². The van der Waals surface area contributed by atoms with E-state index in [2.05, 4.69) is 6.92 Å². The van der Waals surface area contributed by atoms with Crippen LogP contribution in [0.5, 0.6) is 0 Å². The van der Waals surface area contributed by atoms with Gasteiger partial charge in [0, 0.05) is 0 Å². The van der Waals surface area contributed by atoms with Gasteiger partial charge >= 0.3 is 0 Å². The SMILES string of the molecule is CC12CCCC(COO1)C2. The summed E-state index contributed by atoms with van der Waals surface area (Å²) in [7, 11) is 0. The van der Waals surface area contributed by atoms with Crippen LogP contribution in [0.1, 0.15) is 32.6 Å². The molecule has 2 nitrogen and oxygen atoms in total. The van der Waals surface area contributed by atoms with Crippen LogP contribution in [-0.2, 0) is 9.78 Å². The highest BCUT2D eigenvalue weighted by Crippen LogP contribution is 2.38. The van der Waals surface area contributed by atoms with Gasteiger partial charge in [-0.15, -0.1) is 0 Å². The molecule has 2 unspecified atom stereocenters. The van der Waals surface area contributed by atoms with Crippen LogP contribution < -0.4 is 0 Å². The first-order chi connectivity index (χ1) is 4.79. The van der Waals surface area contributed by atoms with E-state index in [1.807, 2.05) is 0 Å². The van der Waals surface area contributed by atoms with Crippen LogP contribution in [0.25, 0.3) is 0 Å². The highest BCUT2D eigenvalue weighted by molar-refractivity contribution is 4.84. The van der Waals surface area contributed by atoms with Gasteiger partial charge in [-0.25, -0.2) is 9.78 Å². The molecule has 1 saturated heterocycles. The van der Waals surface area contributed by atoms with Gasteiger partial charge in [-0.3, -0.25) is 0 Å². The van der Waals surface area contributed by atoms with Crippen LogP contribution in [0.3, 0.4) is 0 Å². The minimum atomic E-state index is 0.0567. The first-order valence-corrected chi connectivity index (χ1v) is 4.09. The van der Waals surface area contributed by atoms with E-state index in [0.717, 1.165) is 12.5 Å². The highest BCUT2D eigenvalue weighted by atomic mass is 17.2. The Hall–Kier alpha value is -0.0800. The zero-order chi connectivity index (χ0) is 7.03. The summed E-state index contributed by atoms with van der Waals surface area (Å²) in [5.41, 5.74) is 0.0567. The van der Waals surface area contributed by atoms with Crippen molar-refractivity contribution in [3.63, 3.8) is 0 Å². The minimum absolute atomic E-state index is 0.0567. The molecule has 2 bridgehead atoms. The second-order valence-corrected chi connectivity index (χ2v) is 3.78. The Morgan fingerprint density at radius 3 is 3.10 bits per heavy atom. The maximum atomic E-state index is 5.24. The fraction of sp³-hybridized carbons (Fsp3) is 1.00. The van der Waals surface area contributed by atoms with Crippen molar-refractivity contribution in [2.45, 2.75) is 38.2 Å². The molecule has 1 aliphatic heterocycles. The standard InChI is InChI=1S/C8H14O2/c1-8-4-2-3-7(5-8)6-9-10-8/h7H,2-6H2,1H3. The van der Waals surface area contributed by atoms with Gasteiger partial charge in [-0.1, -0.05) is 6.42 Å². The van der Waals surface area contributed by atoms with Crippen molar-refractivity contribution in [2.75, 3.05) is 6.61 Å². The first-order valence-electron chi connectivity index (χ1n) is 4.09. The Labute approximate surface area is 61.4 Å². The molecule has 2 fully saturated rings. The Balaban J connectivity index is 2.07. The van der Waals surface area contributed by atoms with Crippen molar-refractivity contribution in [1.29, 1.82) is 0 Å². The largest absolute Gasteiger partial charge is 0.236 e. The molecule has 1 heterocycles. The predicted octanol–water partition coefficient (Wildman–Crippen LogP) is 1.90. The van der Waals surface area contributed by atoms with E-state index in [1.54, 1.807) is 0 Å². The fourth-order valence-electron chi connectivity index (χ4n) is 2.07. The Kier molecular flexibility index (Phi) is 1.46. The average molecular weight is 142 g/mol. The fourth-order valence-corrected chi connectivity index (χ4v) is 2.07. The second kappa shape index (κ2) is 2.21. The molecule has 2 atom stereocenters. The molecule has 0 N–H and O–H groups in total. The van der Waals surface area contributed by atoms with Crippen molar-refractivity contribution < 1.29 is 9.78 Å². The van der Waals surface area contributed by atoms with Crippen molar-refractivity contribution in [1.82, 2.24) is 0 Å². The molecule has 2 rings (SSSR count). The van der Waals surface area contributed by atoms with Gasteiger partial charge in [0.15, 0.2) is 0 Å². The molecule has 0 aromatic rings. The van der Waals surface area contributed by atoms with Crippen LogP contribution in [-0.4, -0.2) is 12.2 Å². The summed E-state index contributed by atoms with van der Waals surface area (Å²) in [5, 5.41) is 0. The van der Waals surface area contributed by atoms with E-state index in [9.17, 15) is 0 Å². The second-order valence-electron chi connectivity index (χ2n) is 3.78. The van der Waals surface area contributed by atoms with Crippen molar-refractivity contribution in [3.8, 4) is 0 Å². The molecule has 10 heavy (non-hydrogen) atoms. The highest BCUT2D eigenvalue weighted by Gasteiger charge is 2.37. The third-order valence-corrected chi connectivity index (χ3v) is 2.60. The number of rotatable bonds is 0. The van der Waals surface area contributed by atoms with Gasteiger partial charge in [0.1, 0.15) is 5.60 Å². The molecule has 0 radical (unpaired) electrons. The summed E-state index contributed by atoms with van der Waals surface area (Å²) in [4.78, 5) is 10.3. The van der Waals surface area contributed by atoms with Gasteiger partial charge in [-0.2, -0.15) is 0 Å². The third kappa shape index (κ3) is 1.06. The van der Waals surface area contributed by atoms with Gasteiger partial charge in [0.25, 0.3) is 0 Å². The molecule has 2 aliphatic rings. The lowest BCUT2D eigenvalue weighted by molar-refractivity contribution is -0.397. The Morgan fingerprint density at radius 2 is 2.40 bits per heavy atom. The maximum Gasteiger partial charge on any atom is 0.101 e. The van der Waals surface area contributed by atoms with E-state index in [0.29, 0.717) is 0 Å². The van der Waals surface area contributed by atoms with Crippen LogP contribution in [0.4, 0.5) is 0 Å². The third-order valence-electron chi connectivity index (χ3n) is 2.60. The summed E-state index contributed by atoms with van der Waals surface area (Å²) >= 11 is 0. The normalized spacial score (nSPS) is 47.1. The molecule has 0 spiro atoms. The monoisotopic (exact) mass is 142 g/mol. The molecule has 0 amide bonds. The van der Waals surface area contributed by atoms with E-state index in [1.165, 1.54) is 25.7 Å². The number of hydrogen-bond donors (Lipinski definition) is 0. The minimum Gasteiger partial charge on any atom is -0.236 e. The van der Waals surface area contributed by atoms with E-state index < -0.39 is 0 Å². The first kappa shape index (κ1) is 6.62. The van der Waals surface area contributed by atoms with Crippen LogP contribution >= 0.6 is 0 Å². The lowest BCUT2D eigenvalue weighted by atomic mass is 9.79. The molecule has 1 saturated carbocycles. The zero-order valence-corrected chi connectivity index (χ0v) is 6.43. The molecule has 58 valence electrons. The summed E-state index contributed by atoms with van der Waals surface area (Å²) in [6.45, 7) is 2.97. The quantitative estimate of drug-likeness (QED) is 0.481. The smallest absolute Gasteiger partial charge is 0.101 e. The van der Waals surface area contributed by atoms with Crippen molar-refractivity contribution in [2.24, 2.45) is 5.92 Å². The van der Waals surface area contributed by atoms with Crippen LogP contribution in [0.2, 0.25) is 0 Å². The van der Waals surface area contributed by atoms with Gasteiger partial charge < -0.3 is 0 Å². The van der Waals surface area contributed by atoms with Crippen LogP contribution in [0.15, 0.2) is 0 Å². The molecule has 0 aromatic carbocycles. The average Bonchev–Trinajstić information content (AvgIpc) is 1.86. The maximum absolute atomic E-state index is 5.24. The summed E-state index contributed by atoms with van der Waals surface area (Å²) in [6.07, 6.45) is 5.01. The summed E-state index contributed by atoms with van der Waals surface area (Å²) < 4.78 is 0. The number of fused-ring (bicyclic) bond motifs is 2. The Morgan fingerprint density at radius 1 is 1.50 bits per heavy atom. The lowest BCUT2D eigenvalue weighted by Crippen LogP contribution is -2.41. The predicted molar refractivity (Wildman–Crippen MR) is 37.4 cm³/mol. The molecular weight excluding hydrogens is 128 g/mol.